The lowest BCUT2D eigenvalue weighted by Crippen LogP contribution is -2.44. The van der Waals surface area contributed by atoms with E-state index in [1.807, 2.05) is 6.92 Å². The van der Waals surface area contributed by atoms with Crippen LogP contribution in [-0.4, -0.2) is 35.6 Å². The summed E-state index contributed by atoms with van der Waals surface area (Å²) in [5.41, 5.74) is 0. The first-order chi connectivity index (χ1) is 6.17. The molecule has 13 heavy (non-hydrogen) atoms. The largest absolute Gasteiger partial charge is 0.395 e. The van der Waals surface area contributed by atoms with Crippen molar-refractivity contribution in [3.8, 4) is 0 Å². The minimum absolute atomic E-state index is 0.0194. The predicted octanol–water partition coefficient (Wildman–Crippen LogP) is -1.24. The van der Waals surface area contributed by atoms with Crippen molar-refractivity contribution in [3.63, 3.8) is 0 Å². The predicted molar refractivity (Wildman–Crippen MR) is 45.9 cm³/mol. The molecule has 0 bridgehead atoms. The van der Waals surface area contributed by atoms with Crippen molar-refractivity contribution in [2.45, 2.75) is 31.8 Å². The van der Waals surface area contributed by atoms with Gasteiger partial charge in [0, 0.05) is 6.04 Å². The first kappa shape index (κ1) is 10.1. The van der Waals surface area contributed by atoms with E-state index in [9.17, 15) is 9.59 Å². The molecule has 2 amide bonds. The SMILES string of the molecule is CCC(CO)NC1CC(=O)NC1=O. The fourth-order valence-corrected chi connectivity index (χ4v) is 1.27. The van der Waals surface area contributed by atoms with E-state index < -0.39 is 6.04 Å². The summed E-state index contributed by atoms with van der Waals surface area (Å²) in [7, 11) is 0. The zero-order chi connectivity index (χ0) is 9.84. The minimum Gasteiger partial charge on any atom is -0.395 e. The maximum absolute atomic E-state index is 11.1. The second-order valence-corrected chi connectivity index (χ2v) is 3.12. The van der Waals surface area contributed by atoms with Crippen molar-refractivity contribution in [3.05, 3.63) is 0 Å². The van der Waals surface area contributed by atoms with Crippen molar-refractivity contribution in [2.75, 3.05) is 6.61 Å². The third-order valence-electron chi connectivity index (χ3n) is 2.12. The number of amides is 2. The highest BCUT2D eigenvalue weighted by Gasteiger charge is 2.31. The standard InChI is InChI=1S/C8H14N2O3/c1-2-5(4-11)9-6-3-7(12)10-8(6)13/h5-6,9,11H,2-4H2,1H3,(H,10,12,13). The average molecular weight is 186 g/mol. The van der Waals surface area contributed by atoms with E-state index in [1.165, 1.54) is 0 Å². The Hall–Kier alpha value is -0.940. The molecule has 0 radical (unpaired) electrons. The molecule has 1 aliphatic heterocycles. The van der Waals surface area contributed by atoms with Gasteiger partial charge < -0.3 is 10.4 Å². The molecule has 2 atom stereocenters. The number of rotatable bonds is 4. The summed E-state index contributed by atoms with van der Waals surface area (Å²) in [6, 6.07) is -0.578. The van der Waals surface area contributed by atoms with Crippen molar-refractivity contribution >= 4 is 11.8 Å². The molecule has 0 aromatic carbocycles. The lowest BCUT2D eigenvalue weighted by Gasteiger charge is -2.16. The number of nitrogens with one attached hydrogen (secondary N) is 2. The fourth-order valence-electron chi connectivity index (χ4n) is 1.27. The van der Waals surface area contributed by atoms with Gasteiger partial charge in [0.15, 0.2) is 0 Å². The van der Waals surface area contributed by atoms with Gasteiger partial charge in [0.1, 0.15) is 0 Å². The number of aliphatic hydroxyl groups is 1. The first-order valence-corrected chi connectivity index (χ1v) is 4.38. The normalized spacial score (nSPS) is 24.6. The Kier molecular flexibility index (Phi) is 3.39. The Bertz CT molecular complexity index is 213. The van der Waals surface area contributed by atoms with Crippen LogP contribution in [0, 0.1) is 0 Å². The molecule has 3 N–H and O–H groups in total. The van der Waals surface area contributed by atoms with Crippen LogP contribution in [0.3, 0.4) is 0 Å². The molecule has 74 valence electrons. The molecule has 2 unspecified atom stereocenters. The van der Waals surface area contributed by atoms with Gasteiger partial charge in [-0.05, 0) is 6.42 Å². The van der Waals surface area contributed by atoms with Crippen LogP contribution in [-0.2, 0) is 9.59 Å². The van der Waals surface area contributed by atoms with Crippen molar-refractivity contribution in [2.24, 2.45) is 0 Å². The summed E-state index contributed by atoms with van der Waals surface area (Å²) in [6.07, 6.45) is 0.907. The molecule has 1 heterocycles. The van der Waals surface area contributed by atoms with Gasteiger partial charge in [0.25, 0.3) is 0 Å². The summed E-state index contributed by atoms with van der Waals surface area (Å²) in [5, 5.41) is 14.0. The van der Waals surface area contributed by atoms with E-state index in [2.05, 4.69) is 10.6 Å². The van der Waals surface area contributed by atoms with Crippen molar-refractivity contribution in [1.29, 1.82) is 0 Å². The van der Waals surface area contributed by atoms with E-state index in [0.717, 1.165) is 6.42 Å². The summed E-state index contributed by atoms with van der Waals surface area (Å²) in [5.74, 6) is -0.549. The summed E-state index contributed by atoms with van der Waals surface area (Å²) in [4.78, 5) is 21.9. The van der Waals surface area contributed by atoms with Gasteiger partial charge in [0.2, 0.25) is 11.8 Å². The van der Waals surface area contributed by atoms with Crippen LogP contribution in [0.2, 0.25) is 0 Å². The van der Waals surface area contributed by atoms with Gasteiger partial charge in [-0.15, -0.1) is 0 Å². The van der Waals surface area contributed by atoms with Crippen LogP contribution in [0.25, 0.3) is 0 Å². The molecule has 0 aromatic rings. The van der Waals surface area contributed by atoms with Crippen LogP contribution in [0.4, 0.5) is 0 Å². The van der Waals surface area contributed by atoms with E-state index in [0.29, 0.717) is 0 Å². The topological polar surface area (TPSA) is 78.4 Å². The zero-order valence-corrected chi connectivity index (χ0v) is 7.54. The highest BCUT2D eigenvalue weighted by atomic mass is 16.3. The Morgan fingerprint density at radius 2 is 2.38 bits per heavy atom. The number of imide groups is 1. The Morgan fingerprint density at radius 3 is 2.77 bits per heavy atom. The molecule has 1 saturated heterocycles. The lowest BCUT2D eigenvalue weighted by molar-refractivity contribution is -0.125. The molecule has 5 nitrogen and oxygen atoms in total. The van der Waals surface area contributed by atoms with E-state index in [-0.39, 0.29) is 30.9 Å². The molecule has 0 saturated carbocycles. The zero-order valence-electron chi connectivity index (χ0n) is 7.54. The lowest BCUT2D eigenvalue weighted by atomic mass is 10.2. The van der Waals surface area contributed by atoms with Crippen LogP contribution in [0.1, 0.15) is 19.8 Å². The van der Waals surface area contributed by atoms with Gasteiger partial charge in [-0.2, -0.15) is 0 Å². The maximum atomic E-state index is 11.1. The second kappa shape index (κ2) is 4.34. The monoisotopic (exact) mass is 186 g/mol. The molecule has 0 aliphatic carbocycles. The number of hydrogen-bond acceptors (Lipinski definition) is 4. The van der Waals surface area contributed by atoms with Crippen LogP contribution in [0.15, 0.2) is 0 Å². The molecule has 1 aliphatic rings. The van der Waals surface area contributed by atoms with E-state index in [1.54, 1.807) is 0 Å². The van der Waals surface area contributed by atoms with Crippen LogP contribution in [0.5, 0.6) is 0 Å². The molecular weight excluding hydrogens is 172 g/mol. The number of aliphatic hydroxyl groups excluding tert-OH is 1. The fraction of sp³-hybridized carbons (Fsp3) is 0.750. The number of carbonyl (C=O) groups excluding carboxylic acids is 2. The second-order valence-electron chi connectivity index (χ2n) is 3.12. The molecule has 1 fully saturated rings. The van der Waals surface area contributed by atoms with Gasteiger partial charge >= 0.3 is 0 Å². The number of hydrogen-bond donors (Lipinski definition) is 3. The Morgan fingerprint density at radius 1 is 1.69 bits per heavy atom. The van der Waals surface area contributed by atoms with Crippen LogP contribution < -0.4 is 10.6 Å². The highest BCUT2D eigenvalue weighted by Crippen LogP contribution is 2.03. The quantitative estimate of drug-likeness (QED) is 0.480. The minimum atomic E-state index is -0.468. The summed E-state index contributed by atoms with van der Waals surface area (Å²) >= 11 is 0. The third-order valence-corrected chi connectivity index (χ3v) is 2.12. The molecule has 5 heteroatoms. The maximum Gasteiger partial charge on any atom is 0.244 e. The molecule has 0 aromatic heterocycles. The van der Waals surface area contributed by atoms with Crippen LogP contribution >= 0.6 is 0 Å². The Labute approximate surface area is 76.5 Å². The average Bonchev–Trinajstić information content (AvgIpc) is 2.41. The Balaban J connectivity index is 2.44. The molecule has 1 rings (SSSR count). The van der Waals surface area contributed by atoms with Gasteiger partial charge in [-0.25, -0.2) is 0 Å². The van der Waals surface area contributed by atoms with Crippen molar-refractivity contribution < 1.29 is 14.7 Å². The smallest absolute Gasteiger partial charge is 0.244 e. The molecular formula is C8H14N2O3. The summed E-state index contributed by atoms with van der Waals surface area (Å²) in [6.45, 7) is 1.89. The summed E-state index contributed by atoms with van der Waals surface area (Å²) < 4.78 is 0. The third kappa shape index (κ3) is 2.50. The van der Waals surface area contributed by atoms with Gasteiger partial charge in [-0.3, -0.25) is 14.9 Å². The highest BCUT2D eigenvalue weighted by molar-refractivity contribution is 6.05. The van der Waals surface area contributed by atoms with Gasteiger partial charge in [0.05, 0.1) is 19.1 Å². The van der Waals surface area contributed by atoms with E-state index >= 15 is 0 Å². The molecule has 0 spiro atoms. The van der Waals surface area contributed by atoms with Gasteiger partial charge in [-0.1, -0.05) is 6.92 Å². The van der Waals surface area contributed by atoms with E-state index in [4.69, 9.17) is 5.11 Å². The van der Waals surface area contributed by atoms with Crippen molar-refractivity contribution in [1.82, 2.24) is 10.6 Å². The first-order valence-electron chi connectivity index (χ1n) is 4.38. The number of carbonyl (C=O) groups is 2.